The van der Waals surface area contributed by atoms with Crippen molar-refractivity contribution in [2.45, 2.75) is 32.6 Å². The number of halogens is 1. The molecule has 0 bridgehead atoms. The molecule has 1 aliphatic heterocycles. The minimum Gasteiger partial charge on any atom is -0.369 e. The number of anilines is 3. The van der Waals surface area contributed by atoms with Crippen LogP contribution in [-0.4, -0.2) is 24.3 Å². The van der Waals surface area contributed by atoms with Crippen LogP contribution in [0, 0.1) is 25.6 Å². The van der Waals surface area contributed by atoms with Crippen LogP contribution in [0.25, 0.3) is 0 Å². The lowest BCUT2D eigenvalue weighted by Crippen LogP contribution is -2.36. The Labute approximate surface area is 216 Å². The molecule has 0 radical (unpaired) electrons. The van der Waals surface area contributed by atoms with Crippen molar-refractivity contribution in [1.29, 1.82) is 0 Å². The van der Waals surface area contributed by atoms with E-state index in [1.807, 2.05) is 0 Å². The van der Waals surface area contributed by atoms with Gasteiger partial charge in [0.15, 0.2) is 5.76 Å². The molecule has 4 aromatic rings. The number of piperidine rings is 1. The highest BCUT2D eigenvalue weighted by atomic mass is 19.1. The van der Waals surface area contributed by atoms with Gasteiger partial charge in [0.25, 0.3) is 0 Å². The Morgan fingerprint density at radius 1 is 0.946 bits per heavy atom. The second-order valence-corrected chi connectivity index (χ2v) is 9.57. The zero-order valence-corrected chi connectivity index (χ0v) is 21.1. The predicted octanol–water partition coefficient (Wildman–Crippen LogP) is 7.12. The van der Waals surface area contributed by atoms with Crippen molar-refractivity contribution < 1.29 is 13.7 Å². The van der Waals surface area contributed by atoms with Crippen LogP contribution in [0.3, 0.4) is 0 Å². The molecular formula is C30H31FN4O2. The van der Waals surface area contributed by atoms with E-state index in [0.717, 1.165) is 25.9 Å². The average Bonchev–Trinajstić information content (AvgIpc) is 3.23. The maximum absolute atomic E-state index is 15.1. The van der Waals surface area contributed by atoms with Crippen molar-refractivity contribution in [2.24, 2.45) is 5.92 Å². The standard InChI is InChI=1S/C30H31FN4O2/c1-20-29(21(2)37-34-20)33-30(36)32-25-13-14-27(26(31)19-25)35-17-15-24(16-18-35)28(22-9-5-3-6-10-22)23-11-7-4-8-12-23/h3-14,19,24,28H,15-18H2,1-2H3,(H2,32,33,36). The van der Waals surface area contributed by atoms with Crippen molar-refractivity contribution in [3.05, 3.63) is 107 Å². The van der Waals surface area contributed by atoms with Gasteiger partial charge in [0.2, 0.25) is 0 Å². The summed E-state index contributed by atoms with van der Waals surface area (Å²) >= 11 is 0. The van der Waals surface area contributed by atoms with Gasteiger partial charge < -0.3 is 20.1 Å². The number of urea groups is 1. The summed E-state index contributed by atoms with van der Waals surface area (Å²) in [6.45, 7) is 5.01. The van der Waals surface area contributed by atoms with Gasteiger partial charge in [0.05, 0.1) is 5.69 Å². The number of amides is 2. The molecule has 7 heteroatoms. The Balaban J connectivity index is 1.24. The Morgan fingerprint density at radius 2 is 1.57 bits per heavy atom. The number of carbonyl (C=O) groups is 1. The van der Waals surface area contributed by atoms with Crippen molar-refractivity contribution >= 4 is 23.1 Å². The molecule has 0 atom stereocenters. The number of carbonyl (C=O) groups excluding carboxylic acids is 1. The lowest BCUT2D eigenvalue weighted by Gasteiger charge is -2.38. The third-order valence-electron chi connectivity index (χ3n) is 7.15. The Kier molecular flexibility index (Phi) is 7.21. The van der Waals surface area contributed by atoms with Crippen molar-refractivity contribution in [3.63, 3.8) is 0 Å². The van der Waals surface area contributed by atoms with E-state index in [-0.39, 0.29) is 5.82 Å². The second-order valence-electron chi connectivity index (χ2n) is 9.57. The molecule has 0 saturated carbocycles. The van der Waals surface area contributed by atoms with E-state index < -0.39 is 6.03 Å². The number of aryl methyl sites for hydroxylation is 2. The fourth-order valence-corrected chi connectivity index (χ4v) is 5.31. The van der Waals surface area contributed by atoms with Crippen LogP contribution in [0.4, 0.5) is 26.2 Å². The summed E-state index contributed by atoms with van der Waals surface area (Å²) < 4.78 is 20.2. The quantitative estimate of drug-likeness (QED) is 0.297. The van der Waals surface area contributed by atoms with E-state index in [1.54, 1.807) is 26.0 Å². The van der Waals surface area contributed by atoms with Gasteiger partial charge in [-0.25, -0.2) is 9.18 Å². The number of hydrogen-bond acceptors (Lipinski definition) is 4. The second kappa shape index (κ2) is 10.9. The lowest BCUT2D eigenvalue weighted by atomic mass is 9.76. The molecule has 2 heterocycles. The average molecular weight is 499 g/mol. The van der Waals surface area contributed by atoms with E-state index >= 15 is 4.39 Å². The molecule has 190 valence electrons. The predicted molar refractivity (Wildman–Crippen MR) is 145 cm³/mol. The summed E-state index contributed by atoms with van der Waals surface area (Å²) in [5.41, 5.74) is 4.69. The summed E-state index contributed by atoms with van der Waals surface area (Å²) in [4.78, 5) is 14.5. The van der Waals surface area contributed by atoms with Gasteiger partial charge in [-0.15, -0.1) is 0 Å². The molecule has 2 N–H and O–H groups in total. The number of aromatic nitrogens is 1. The van der Waals surface area contributed by atoms with Crippen molar-refractivity contribution in [1.82, 2.24) is 5.16 Å². The maximum atomic E-state index is 15.1. The molecule has 0 unspecified atom stereocenters. The van der Waals surface area contributed by atoms with Crippen LogP contribution < -0.4 is 15.5 Å². The Hall–Kier alpha value is -4.13. The van der Waals surface area contributed by atoms with E-state index in [0.29, 0.717) is 40.4 Å². The number of nitrogens with one attached hydrogen (secondary N) is 2. The summed E-state index contributed by atoms with van der Waals surface area (Å²) in [5, 5.41) is 9.21. The zero-order chi connectivity index (χ0) is 25.8. The summed E-state index contributed by atoms with van der Waals surface area (Å²) in [7, 11) is 0. The SMILES string of the molecule is Cc1noc(C)c1NC(=O)Nc1ccc(N2CCC(C(c3ccccc3)c3ccccc3)CC2)c(F)c1. The molecule has 1 aromatic heterocycles. The zero-order valence-electron chi connectivity index (χ0n) is 21.1. The van der Waals surface area contributed by atoms with Gasteiger partial charge in [-0.1, -0.05) is 65.8 Å². The van der Waals surface area contributed by atoms with Crippen LogP contribution in [0.1, 0.15) is 41.3 Å². The minimum atomic E-state index is -0.477. The summed E-state index contributed by atoms with van der Waals surface area (Å²) in [5.74, 6) is 0.950. The molecule has 1 fully saturated rings. The van der Waals surface area contributed by atoms with Crippen LogP contribution in [-0.2, 0) is 0 Å². The summed E-state index contributed by atoms with van der Waals surface area (Å²) in [6.07, 6.45) is 1.93. The molecular weight excluding hydrogens is 467 g/mol. The third kappa shape index (κ3) is 5.50. The topological polar surface area (TPSA) is 70.4 Å². The first-order valence-corrected chi connectivity index (χ1v) is 12.6. The summed E-state index contributed by atoms with van der Waals surface area (Å²) in [6, 6.07) is 25.7. The Bertz CT molecular complexity index is 1290. The maximum Gasteiger partial charge on any atom is 0.323 e. The molecule has 3 aromatic carbocycles. The van der Waals surface area contributed by atoms with Gasteiger partial charge in [-0.05, 0) is 61.9 Å². The van der Waals surface area contributed by atoms with Crippen LogP contribution in [0.2, 0.25) is 0 Å². The number of benzene rings is 3. The van der Waals surface area contributed by atoms with Gasteiger partial charge in [-0.2, -0.15) is 0 Å². The monoisotopic (exact) mass is 498 g/mol. The highest BCUT2D eigenvalue weighted by Crippen LogP contribution is 2.39. The van der Waals surface area contributed by atoms with E-state index in [2.05, 4.69) is 81.4 Å². The molecule has 0 spiro atoms. The van der Waals surface area contributed by atoms with Gasteiger partial charge in [0.1, 0.15) is 17.2 Å². The molecule has 1 saturated heterocycles. The number of hydrogen-bond donors (Lipinski definition) is 2. The minimum absolute atomic E-state index is 0.317. The van der Waals surface area contributed by atoms with Crippen molar-refractivity contribution in [3.8, 4) is 0 Å². The fraction of sp³-hybridized carbons (Fsp3) is 0.267. The van der Waals surface area contributed by atoms with Crippen LogP contribution >= 0.6 is 0 Å². The normalized spacial score (nSPS) is 14.1. The van der Waals surface area contributed by atoms with Crippen LogP contribution in [0.5, 0.6) is 0 Å². The first-order chi connectivity index (χ1) is 18.0. The number of rotatable bonds is 6. The van der Waals surface area contributed by atoms with E-state index in [4.69, 9.17) is 4.52 Å². The molecule has 2 amide bonds. The molecule has 5 rings (SSSR count). The molecule has 6 nitrogen and oxygen atoms in total. The first kappa shape index (κ1) is 24.6. The largest absolute Gasteiger partial charge is 0.369 e. The fourth-order valence-electron chi connectivity index (χ4n) is 5.31. The lowest BCUT2D eigenvalue weighted by molar-refractivity contribution is 0.262. The van der Waals surface area contributed by atoms with Gasteiger partial charge in [0, 0.05) is 24.7 Å². The van der Waals surface area contributed by atoms with Crippen LogP contribution in [0.15, 0.2) is 83.4 Å². The number of nitrogens with zero attached hydrogens (tertiary/aromatic N) is 2. The van der Waals surface area contributed by atoms with Gasteiger partial charge >= 0.3 is 6.03 Å². The Morgan fingerprint density at radius 3 is 2.11 bits per heavy atom. The highest BCUT2D eigenvalue weighted by molar-refractivity contribution is 6.00. The molecule has 37 heavy (non-hydrogen) atoms. The van der Waals surface area contributed by atoms with Gasteiger partial charge in [-0.3, -0.25) is 0 Å². The molecule has 0 aliphatic carbocycles. The smallest absolute Gasteiger partial charge is 0.323 e. The highest BCUT2D eigenvalue weighted by Gasteiger charge is 2.29. The molecule has 1 aliphatic rings. The third-order valence-corrected chi connectivity index (χ3v) is 7.15. The van der Waals surface area contributed by atoms with E-state index in [1.165, 1.54) is 17.2 Å². The van der Waals surface area contributed by atoms with E-state index in [9.17, 15) is 4.79 Å². The van der Waals surface area contributed by atoms with Crippen molar-refractivity contribution in [2.75, 3.05) is 28.6 Å². The first-order valence-electron chi connectivity index (χ1n) is 12.6.